The molecule has 1 aliphatic heterocycles. The average molecular weight is 321 g/mol. The van der Waals surface area contributed by atoms with Gasteiger partial charge in [0.25, 0.3) is 0 Å². The standard InChI is InChI=1S/C17H24FN3O2/c1-4-5-6-15-16(22)20(3)9-10-21(15)17(23)19-14-11-13(18)8-7-12(14)2/h7-8,11,15H,4-6,9-10H2,1-3H3,(H,19,23)/t15-/m0/s1. The Kier molecular flexibility index (Phi) is 5.58. The number of piperazine rings is 1. The maximum Gasteiger partial charge on any atom is 0.322 e. The van der Waals surface area contributed by atoms with E-state index in [1.54, 1.807) is 29.8 Å². The van der Waals surface area contributed by atoms with Gasteiger partial charge in [0.2, 0.25) is 5.91 Å². The normalized spacial score (nSPS) is 18.3. The van der Waals surface area contributed by atoms with Gasteiger partial charge in [-0.25, -0.2) is 9.18 Å². The van der Waals surface area contributed by atoms with Gasteiger partial charge < -0.3 is 15.1 Å². The van der Waals surface area contributed by atoms with Crippen molar-refractivity contribution >= 4 is 17.6 Å². The lowest BCUT2D eigenvalue weighted by Gasteiger charge is -2.39. The number of hydrogen-bond acceptors (Lipinski definition) is 2. The van der Waals surface area contributed by atoms with Gasteiger partial charge in [-0.2, -0.15) is 0 Å². The lowest BCUT2D eigenvalue weighted by atomic mass is 10.0. The number of nitrogens with one attached hydrogen (secondary N) is 1. The fourth-order valence-electron chi connectivity index (χ4n) is 2.75. The number of rotatable bonds is 4. The van der Waals surface area contributed by atoms with Crippen LogP contribution in [0.25, 0.3) is 0 Å². The summed E-state index contributed by atoms with van der Waals surface area (Å²) in [7, 11) is 1.76. The number of likely N-dealkylation sites (N-methyl/N-ethyl adjacent to an activating group) is 1. The van der Waals surface area contributed by atoms with E-state index < -0.39 is 11.9 Å². The number of hydrogen-bond donors (Lipinski definition) is 1. The minimum atomic E-state index is -0.442. The molecule has 1 heterocycles. The van der Waals surface area contributed by atoms with Crippen LogP contribution in [0.15, 0.2) is 18.2 Å². The molecular weight excluding hydrogens is 297 g/mol. The van der Waals surface area contributed by atoms with E-state index in [9.17, 15) is 14.0 Å². The number of halogens is 1. The molecule has 1 aromatic rings. The first kappa shape index (κ1) is 17.2. The summed E-state index contributed by atoms with van der Waals surface area (Å²) < 4.78 is 13.4. The topological polar surface area (TPSA) is 52.7 Å². The van der Waals surface area contributed by atoms with Gasteiger partial charge in [-0.05, 0) is 31.0 Å². The Morgan fingerprint density at radius 2 is 2.13 bits per heavy atom. The molecule has 1 atom stereocenters. The molecule has 1 aliphatic rings. The molecule has 3 amide bonds. The van der Waals surface area contributed by atoms with Gasteiger partial charge in [0.1, 0.15) is 11.9 Å². The summed E-state index contributed by atoms with van der Waals surface area (Å²) in [5.41, 5.74) is 1.22. The average Bonchev–Trinajstić information content (AvgIpc) is 2.52. The molecule has 6 heteroatoms. The van der Waals surface area contributed by atoms with E-state index in [2.05, 4.69) is 12.2 Å². The van der Waals surface area contributed by atoms with Gasteiger partial charge in [0.05, 0.1) is 0 Å². The monoisotopic (exact) mass is 321 g/mol. The van der Waals surface area contributed by atoms with Crippen LogP contribution in [0.3, 0.4) is 0 Å². The van der Waals surface area contributed by atoms with Crippen molar-refractivity contribution in [1.29, 1.82) is 0 Å². The van der Waals surface area contributed by atoms with Gasteiger partial charge in [-0.15, -0.1) is 0 Å². The first-order chi connectivity index (χ1) is 10.9. The molecule has 1 N–H and O–H groups in total. The quantitative estimate of drug-likeness (QED) is 0.927. The Bertz CT molecular complexity index is 591. The first-order valence-corrected chi connectivity index (χ1v) is 8.02. The number of unbranched alkanes of at least 4 members (excludes halogenated alkanes) is 1. The fraction of sp³-hybridized carbons (Fsp3) is 0.529. The molecule has 1 saturated heterocycles. The predicted octanol–water partition coefficient (Wildman–Crippen LogP) is 3.00. The van der Waals surface area contributed by atoms with Crippen molar-refractivity contribution in [3.63, 3.8) is 0 Å². The Morgan fingerprint density at radius 1 is 1.39 bits per heavy atom. The molecule has 0 saturated carbocycles. The molecule has 126 valence electrons. The van der Waals surface area contributed by atoms with E-state index >= 15 is 0 Å². The number of aryl methyl sites for hydroxylation is 1. The molecule has 1 fully saturated rings. The third kappa shape index (κ3) is 4.00. The molecule has 0 aromatic heterocycles. The number of urea groups is 1. The minimum absolute atomic E-state index is 0.0317. The maximum atomic E-state index is 13.4. The van der Waals surface area contributed by atoms with Crippen molar-refractivity contribution in [2.45, 2.75) is 39.2 Å². The zero-order valence-corrected chi connectivity index (χ0v) is 13.9. The summed E-state index contributed by atoms with van der Waals surface area (Å²) in [4.78, 5) is 28.2. The van der Waals surface area contributed by atoms with Crippen LogP contribution in [0.4, 0.5) is 14.9 Å². The van der Waals surface area contributed by atoms with Gasteiger partial charge in [-0.1, -0.05) is 25.8 Å². The van der Waals surface area contributed by atoms with Crippen LogP contribution in [0, 0.1) is 12.7 Å². The van der Waals surface area contributed by atoms with Crippen LogP contribution in [0.1, 0.15) is 31.7 Å². The SMILES string of the molecule is CCCC[C@H]1C(=O)N(C)CCN1C(=O)Nc1cc(F)ccc1C. The van der Waals surface area contributed by atoms with Gasteiger partial charge in [0.15, 0.2) is 0 Å². The highest BCUT2D eigenvalue weighted by Crippen LogP contribution is 2.20. The van der Waals surface area contributed by atoms with Crippen molar-refractivity contribution in [3.8, 4) is 0 Å². The van der Waals surface area contributed by atoms with E-state index in [1.807, 2.05) is 0 Å². The fourth-order valence-corrected chi connectivity index (χ4v) is 2.75. The molecule has 2 rings (SSSR count). The van der Waals surface area contributed by atoms with Crippen LogP contribution < -0.4 is 5.32 Å². The molecule has 0 aliphatic carbocycles. The summed E-state index contributed by atoms with van der Waals surface area (Å²) >= 11 is 0. The van der Waals surface area contributed by atoms with Crippen LogP contribution >= 0.6 is 0 Å². The van der Waals surface area contributed by atoms with Crippen LogP contribution in [-0.4, -0.2) is 47.9 Å². The smallest absolute Gasteiger partial charge is 0.322 e. The number of amides is 3. The summed E-state index contributed by atoms with van der Waals surface area (Å²) in [6, 6.07) is 3.48. The molecular formula is C17H24FN3O2. The molecule has 5 nitrogen and oxygen atoms in total. The Morgan fingerprint density at radius 3 is 2.83 bits per heavy atom. The van der Waals surface area contributed by atoms with Gasteiger partial charge >= 0.3 is 6.03 Å². The molecule has 23 heavy (non-hydrogen) atoms. The zero-order valence-electron chi connectivity index (χ0n) is 13.9. The van der Waals surface area contributed by atoms with Gasteiger partial charge in [-0.3, -0.25) is 4.79 Å². The predicted molar refractivity (Wildman–Crippen MR) is 87.8 cm³/mol. The lowest BCUT2D eigenvalue weighted by Crippen LogP contribution is -2.58. The van der Waals surface area contributed by atoms with Crippen LogP contribution in [0.5, 0.6) is 0 Å². The lowest BCUT2D eigenvalue weighted by molar-refractivity contribution is -0.138. The summed E-state index contributed by atoms with van der Waals surface area (Å²) in [6.45, 7) is 4.85. The van der Waals surface area contributed by atoms with E-state index in [0.717, 1.165) is 18.4 Å². The van der Waals surface area contributed by atoms with Gasteiger partial charge in [0, 0.05) is 25.8 Å². The largest absolute Gasteiger partial charge is 0.342 e. The van der Waals surface area contributed by atoms with Crippen molar-refractivity contribution in [2.24, 2.45) is 0 Å². The summed E-state index contributed by atoms with van der Waals surface area (Å²) in [5, 5.41) is 2.74. The van der Waals surface area contributed by atoms with E-state index in [-0.39, 0.29) is 11.9 Å². The Hall–Kier alpha value is -2.11. The second-order valence-electron chi connectivity index (χ2n) is 6.00. The summed E-state index contributed by atoms with van der Waals surface area (Å²) in [6.07, 6.45) is 2.49. The van der Waals surface area contributed by atoms with Crippen molar-refractivity contribution in [2.75, 3.05) is 25.5 Å². The zero-order chi connectivity index (χ0) is 17.0. The maximum absolute atomic E-state index is 13.4. The molecule has 0 spiro atoms. The molecule has 0 bridgehead atoms. The highest BCUT2D eigenvalue weighted by atomic mass is 19.1. The molecule has 1 aromatic carbocycles. The van der Waals surface area contributed by atoms with Crippen molar-refractivity contribution in [3.05, 3.63) is 29.6 Å². The second-order valence-corrected chi connectivity index (χ2v) is 6.00. The highest BCUT2D eigenvalue weighted by molar-refractivity contribution is 5.95. The molecule has 0 unspecified atom stereocenters. The van der Waals surface area contributed by atoms with Crippen LogP contribution in [0.2, 0.25) is 0 Å². The highest BCUT2D eigenvalue weighted by Gasteiger charge is 2.35. The van der Waals surface area contributed by atoms with E-state index in [0.29, 0.717) is 25.2 Å². The number of carbonyl (C=O) groups excluding carboxylic acids is 2. The number of benzene rings is 1. The third-order valence-corrected chi connectivity index (χ3v) is 4.25. The Labute approximate surface area is 136 Å². The Balaban J connectivity index is 2.15. The second kappa shape index (κ2) is 7.44. The summed E-state index contributed by atoms with van der Waals surface area (Å²) in [5.74, 6) is -0.432. The molecule has 0 radical (unpaired) electrons. The minimum Gasteiger partial charge on any atom is -0.342 e. The van der Waals surface area contributed by atoms with Crippen molar-refractivity contribution in [1.82, 2.24) is 9.80 Å². The van der Waals surface area contributed by atoms with E-state index in [1.165, 1.54) is 12.1 Å². The number of carbonyl (C=O) groups is 2. The third-order valence-electron chi connectivity index (χ3n) is 4.25. The first-order valence-electron chi connectivity index (χ1n) is 8.02. The number of nitrogens with zero attached hydrogens (tertiary/aromatic N) is 2. The van der Waals surface area contributed by atoms with Crippen LogP contribution in [-0.2, 0) is 4.79 Å². The number of anilines is 1. The van der Waals surface area contributed by atoms with E-state index in [4.69, 9.17) is 0 Å². The van der Waals surface area contributed by atoms with Crippen molar-refractivity contribution < 1.29 is 14.0 Å².